The minimum Gasteiger partial charge on any atom is -0.219 e. The second-order valence-corrected chi connectivity index (χ2v) is 3.77. The van der Waals surface area contributed by atoms with Crippen molar-refractivity contribution in [1.82, 2.24) is 14.8 Å². The molecule has 0 bridgehead atoms. The molecule has 4 nitrogen and oxygen atoms in total. The summed E-state index contributed by atoms with van der Waals surface area (Å²) >= 11 is 0. The molecule has 2 aromatic heterocycles. The molecule has 0 aliphatic rings. The van der Waals surface area contributed by atoms with Crippen LogP contribution in [0.15, 0.2) is 61.3 Å². The van der Waals surface area contributed by atoms with Gasteiger partial charge in [-0.05, 0) is 18.2 Å². The predicted molar refractivity (Wildman–Crippen MR) is 62.8 cm³/mol. The number of hydrogen-bond acceptors (Lipinski definition) is 2. The number of halogens is 1. The Morgan fingerprint density at radius 3 is 2.61 bits per heavy atom. The third kappa shape index (κ3) is 1.98. The molecule has 5 heteroatoms. The highest BCUT2D eigenvalue weighted by atomic mass is 19.1. The lowest BCUT2D eigenvalue weighted by atomic mass is 10.3. The van der Waals surface area contributed by atoms with E-state index in [2.05, 4.69) is 10.1 Å². The maximum Gasteiger partial charge on any atom is 0.270 e. The van der Waals surface area contributed by atoms with Crippen LogP contribution in [0.25, 0.3) is 11.5 Å². The maximum atomic E-state index is 12.8. The van der Waals surface area contributed by atoms with Gasteiger partial charge in [0.05, 0.1) is 6.20 Å². The third-order valence-corrected chi connectivity index (χ3v) is 2.54. The van der Waals surface area contributed by atoms with Crippen LogP contribution in [0.4, 0.5) is 4.39 Å². The Hall–Kier alpha value is -2.56. The Balaban J connectivity index is 1.97. The summed E-state index contributed by atoms with van der Waals surface area (Å²) in [5.74, 6) is 0.216. The summed E-state index contributed by atoms with van der Waals surface area (Å²) in [6.07, 6.45) is 4.64. The average molecular weight is 241 g/mol. The van der Waals surface area contributed by atoms with E-state index < -0.39 is 0 Å². The summed E-state index contributed by atoms with van der Waals surface area (Å²) in [7, 11) is 0. The van der Waals surface area contributed by atoms with Crippen LogP contribution in [-0.2, 0) is 0 Å². The molecule has 3 rings (SSSR count). The molecule has 1 aromatic carbocycles. The second-order valence-electron chi connectivity index (χ2n) is 3.77. The largest absolute Gasteiger partial charge is 0.270 e. The zero-order valence-electron chi connectivity index (χ0n) is 9.44. The zero-order valence-corrected chi connectivity index (χ0v) is 9.44. The van der Waals surface area contributed by atoms with Crippen molar-refractivity contribution in [2.75, 3.05) is 0 Å². The van der Waals surface area contributed by atoms with Crippen molar-refractivity contribution < 1.29 is 8.96 Å². The summed E-state index contributed by atoms with van der Waals surface area (Å²) < 4.78 is 16.2. The lowest BCUT2D eigenvalue weighted by Gasteiger charge is -1.93. The molecule has 0 aliphatic heterocycles. The van der Waals surface area contributed by atoms with Gasteiger partial charge in [0.1, 0.15) is 11.5 Å². The quantitative estimate of drug-likeness (QED) is 0.640. The van der Waals surface area contributed by atoms with Gasteiger partial charge in [0.25, 0.3) is 6.33 Å². The van der Waals surface area contributed by atoms with Crippen LogP contribution >= 0.6 is 0 Å². The minimum atomic E-state index is -0.359. The number of nitrogens with zero attached hydrogens (tertiary/aromatic N) is 4. The van der Waals surface area contributed by atoms with E-state index in [0.717, 1.165) is 5.69 Å². The molecule has 0 saturated carbocycles. The molecule has 0 atom stereocenters. The molecule has 0 amide bonds. The van der Waals surface area contributed by atoms with Crippen molar-refractivity contribution in [3.05, 3.63) is 67.1 Å². The first-order valence-electron chi connectivity index (χ1n) is 5.46. The predicted octanol–water partition coefficient (Wildman–Crippen LogP) is 1.68. The van der Waals surface area contributed by atoms with Gasteiger partial charge in [0.15, 0.2) is 0 Å². The monoisotopic (exact) mass is 241 g/mol. The summed E-state index contributed by atoms with van der Waals surface area (Å²) in [4.78, 5) is 3.97. The molecule has 88 valence electrons. The Morgan fingerprint density at radius 1 is 1.06 bits per heavy atom. The van der Waals surface area contributed by atoms with Crippen LogP contribution in [0, 0.1) is 5.82 Å². The molecule has 18 heavy (non-hydrogen) atoms. The van der Waals surface area contributed by atoms with Gasteiger partial charge >= 0.3 is 0 Å². The summed E-state index contributed by atoms with van der Waals surface area (Å²) in [5, 5.41) is 4.19. The van der Waals surface area contributed by atoms with Crippen LogP contribution < -0.4 is 4.57 Å². The van der Waals surface area contributed by atoms with Gasteiger partial charge in [0.2, 0.25) is 12.1 Å². The lowest BCUT2D eigenvalue weighted by Crippen LogP contribution is -2.27. The van der Waals surface area contributed by atoms with Gasteiger partial charge in [-0.1, -0.05) is 22.9 Å². The third-order valence-electron chi connectivity index (χ3n) is 2.54. The van der Waals surface area contributed by atoms with Crippen molar-refractivity contribution in [1.29, 1.82) is 0 Å². The standard InChI is InChI=1S/C13H10FN4/c14-11-6-7-13(15-8-11)18-10-17(9-16-18)12-4-2-1-3-5-12/h1-10H/q+1. The van der Waals surface area contributed by atoms with E-state index in [0.29, 0.717) is 5.82 Å². The topological polar surface area (TPSA) is 34.6 Å². The fraction of sp³-hybridized carbons (Fsp3) is 0. The van der Waals surface area contributed by atoms with E-state index in [1.807, 2.05) is 34.9 Å². The number of para-hydroxylation sites is 1. The Labute approximate surface area is 103 Å². The fourth-order valence-corrected chi connectivity index (χ4v) is 1.64. The van der Waals surface area contributed by atoms with Crippen LogP contribution in [0.2, 0.25) is 0 Å². The number of rotatable bonds is 2. The van der Waals surface area contributed by atoms with Crippen LogP contribution in [0.3, 0.4) is 0 Å². The average Bonchev–Trinajstić information content (AvgIpc) is 2.90. The van der Waals surface area contributed by atoms with E-state index in [1.54, 1.807) is 23.4 Å². The first kappa shape index (κ1) is 10.6. The highest BCUT2D eigenvalue weighted by Crippen LogP contribution is 2.03. The first-order chi connectivity index (χ1) is 8.83. The summed E-state index contributed by atoms with van der Waals surface area (Å²) in [5.41, 5.74) is 1.01. The summed E-state index contributed by atoms with van der Waals surface area (Å²) in [6.45, 7) is 0. The van der Waals surface area contributed by atoms with Crippen molar-refractivity contribution in [3.8, 4) is 11.5 Å². The second kappa shape index (κ2) is 4.37. The zero-order chi connectivity index (χ0) is 12.4. The number of aromatic nitrogens is 4. The van der Waals surface area contributed by atoms with Gasteiger partial charge in [-0.25, -0.2) is 13.9 Å². The molecule has 0 aliphatic carbocycles. The fourth-order valence-electron chi connectivity index (χ4n) is 1.64. The van der Waals surface area contributed by atoms with Gasteiger partial charge in [-0.15, -0.1) is 0 Å². The van der Waals surface area contributed by atoms with Crippen molar-refractivity contribution in [3.63, 3.8) is 0 Å². The smallest absolute Gasteiger partial charge is 0.219 e. The molecule has 0 spiro atoms. The molecule has 0 unspecified atom stereocenters. The molecule has 0 radical (unpaired) electrons. The van der Waals surface area contributed by atoms with Gasteiger partial charge in [-0.2, -0.15) is 0 Å². The van der Waals surface area contributed by atoms with Crippen LogP contribution in [-0.4, -0.2) is 14.8 Å². The van der Waals surface area contributed by atoms with Crippen molar-refractivity contribution in [2.24, 2.45) is 0 Å². The maximum absolute atomic E-state index is 12.8. The Bertz CT molecular complexity index is 646. The number of hydrogen-bond donors (Lipinski definition) is 0. The minimum absolute atomic E-state index is 0.359. The van der Waals surface area contributed by atoms with E-state index in [4.69, 9.17) is 0 Å². The van der Waals surface area contributed by atoms with Crippen molar-refractivity contribution >= 4 is 0 Å². The van der Waals surface area contributed by atoms with Gasteiger partial charge in [-0.3, -0.25) is 0 Å². The molecular formula is C13H10FN4+. The van der Waals surface area contributed by atoms with Crippen LogP contribution in [0.5, 0.6) is 0 Å². The lowest BCUT2D eigenvalue weighted by molar-refractivity contribution is -0.596. The highest BCUT2D eigenvalue weighted by Gasteiger charge is 2.10. The molecule has 2 heterocycles. The molecule has 3 aromatic rings. The van der Waals surface area contributed by atoms with Gasteiger partial charge < -0.3 is 0 Å². The molecule has 0 saturated heterocycles. The Kier molecular flexibility index (Phi) is 2.57. The van der Waals surface area contributed by atoms with Crippen LogP contribution in [0.1, 0.15) is 0 Å². The Morgan fingerprint density at radius 2 is 1.89 bits per heavy atom. The number of pyridine rings is 1. The van der Waals surface area contributed by atoms with E-state index in [-0.39, 0.29) is 5.82 Å². The van der Waals surface area contributed by atoms with E-state index >= 15 is 0 Å². The molecular weight excluding hydrogens is 231 g/mol. The van der Waals surface area contributed by atoms with E-state index in [9.17, 15) is 4.39 Å². The van der Waals surface area contributed by atoms with Crippen molar-refractivity contribution in [2.45, 2.75) is 0 Å². The van der Waals surface area contributed by atoms with Gasteiger partial charge in [0, 0.05) is 11.2 Å². The normalized spacial score (nSPS) is 10.5. The molecule has 0 fully saturated rings. The highest BCUT2D eigenvalue weighted by molar-refractivity contribution is 5.22. The SMILES string of the molecule is Fc1ccc(-n2c[n+](-c3ccccc3)cn2)nc1. The molecule has 0 N–H and O–H groups in total. The first-order valence-corrected chi connectivity index (χ1v) is 5.46. The van der Waals surface area contributed by atoms with E-state index in [1.165, 1.54) is 12.3 Å². The summed E-state index contributed by atoms with van der Waals surface area (Å²) in [6, 6.07) is 12.8. The number of benzene rings is 1.